The molecular weight excluding hydrogens is 454 g/mol. The average Bonchev–Trinajstić information content (AvgIpc) is 3.07. The molecule has 0 spiro atoms. The van der Waals surface area contributed by atoms with Gasteiger partial charge in [-0.05, 0) is 54.4 Å². The number of fused-ring (bicyclic) bond motifs is 3. The molecule has 0 unspecified atom stereocenters. The Bertz CT molecular complexity index is 1500. The van der Waals surface area contributed by atoms with Crippen LogP contribution in [0.5, 0.6) is 0 Å². The largest absolute Gasteiger partial charge is 0.422 e. The van der Waals surface area contributed by atoms with Gasteiger partial charge in [-0.15, -0.1) is 0 Å². The molecule has 3 aromatic carbocycles. The van der Waals surface area contributed by atoms with E-state index in [-0.39, 0.29) is 5.78 Å². The van der Waals surface area contributed by atoms with E-state index in [0.29, 0.717) is 34.3 Å². The van der Waals surface area contributed by atoms with E-state index >= 15 is 0 Å². The number of ketones is 1. The summed E-state index contributed by atoms with van der Waals surface area (Å²) in [6.07, 6.45) is 0. The third-order valence-electron chi connectivity index (χ3n) is 5.56. The van der Waals surface area contributed by atoms with E-state index in [4.69, 9.17) is 4.42 Å². The van der Waals surface area contributed by atoms with Crippen LogP contribution in [0.1, 0.15) is 27.2 Å². The summed E-state index contributed by atoms with van der Waals surface area (Å²) in [7, 11) is 0. The maximum atomic E-state index is 13.6. The quantitative estimate of drug-likeness (QED) is 0.235. The smallest absolute Gasteiger partial charge is 0.346 e. The van der Waals surface area contributed by atoms with Crippen LogP contribution in [0.15, 0.2) is 92.5 Å². The number of benzene rings is 3. The van der Waals surface area contributed by atoms with E-state index in [2.05, 4.69) is 15.9 Å². The molecule has 0 aliphatic rings. The minimum Gasteiger partial charge on any atom is -0.422 e. The molecule has 0 amide bonds. The van der Waals surface area contributed by atoms with Crippen molar-refractivity contribution in [3.63, 3.8) is 0 Å². The van der Waals surface area contributed by atoms with Gasteiger partial charge in [0.05, 0.1) is 16.6 Å². The summed E-state index contributed by atoms with van der Waals surface area (Å²) >= 11 is 3.42. The third kappa shape index (κ3) is 3.31. The van der Waals surface area contributed by atoms with Crippen molar-refractivity contribution in [1.82, 2.24) is 4.57 Å². The predicted octanol–water partition coefficient (Wildman–Crippen LogP) is 6.10. The topological polar surface area (TPSA) is 52.2 Å². The summed E-state index contributed by atoms with van der Waals surface area (Å²) in [4.78, 5) is 26.6. The molecule has 5 rings (SSSR count). The first-order valence-corrected chi connectivity index (χ1v) is 10.7. The van der Waals surface area contributed by atoms with Gasteiger partial charge in [0.1, 0.15) is 5.58 Å². The van der Waals surface area contributed by atoms with Crippen LogP contribution < -0.4 is 5.63 Å². The fraction of sp³-hybridized carbons (Fsp3) is 0.0769. The van der Waals surface area contributed by atoms with Crippen molar-refractivity contribution >= 4 is 43.6 Å². The molecule has 0 aliphatic carbocycles. The first-order chi connectivity index (χ1) is 15.0. The fourth-order valence-electron chi connectivity index (χ4n) is 4.13. The Morgan fingerprint density at radius 3 is 2.35 bits per heavy atom. The Morgan fingerprint density at radius 1 is 0.935 bits per heavy atom. The number of aryl methyl sites for hydroxylation is 1. The minimum atomic E-state index is -0.428. The summed E-state index contributed by atoms with van der Waals surface area (Å²) in [6.45, 7) is 2.29. The van der Waals surface area contributed by atoms with Gasteiger partial charge in [-0.2, -0.15) is 0 Å². The molecule has 5 aromatic rings. The van der Waals surface area contributed by atoms with Crippen LogP contribution >= 0.6 is 15.9 Å². The molecule has 0 aliphatic heterocycles. The van der Waals surface area contributed by atoms with Crippen molar-refractivity contribution in [1.29, 1.82) is 0 Å². The second kappa shape index (κ2) is 7.67. The molecule has 0 saturated heterocycles. The number of hydrogen-bond acceptors (Lipinski definition) is 3. The van der Waals surface area contributed by atoms with Crippen molar-refractivity contribution in [2.45, 2.75) is 13.5 Å². The molecule has 2 heterocycles. The third-order valence-corrected chi connectivity index (χ3v) is 6.09. The van der Waals surface area contributed by atoms with Gasteiger partial charge in [-0.25, -0.2) is 4.79 Å². The highest BCUT2D eigenvalue weighted by molar-refractivity contribution is 9.10. The number of carbonyl (C=O) groups excluding carboxylic acids is 1. The van der Waals surface area contributed by atoms with Crippen LogP contribution in [-0.2, 0) is 6.54 Å². The molecule has 31 heavy (non-hydrogen) atoms. The van der Waals surface area contributed by atoms with Gasteiger partial charge in [0, 0.05) is 22.0 Å². The number of aromatic nitrogens is 1. The molecule has 0 saturated carbocycles. The SMILES string of the molecule is Cc1c(C(=O)c2ccc(Br)cc2)n(Cc2ccccc2)c2c1c(=O)oc1ccccc12. The van der Waals surface area contributed by atoms with E-state index in [1.54, 1.807) is 18.2 Å². The summed E-state index contributed by atoms with van der Waals surface area (Å²) in [5, 5.41) is 1.26. The van der Waals surface area contributed by atoms with Gasteiger partial charge in [0.25, 0.3) is 0 Å². The normalized spacial score (nSPS) is 11.3. The van der Waals surface area contributed by atoms with E-state index < -0.39 is 5.63 Å². The maximum Gasteiger partial charge on any atom is 0.346 e. The lowest BCUT2D eigenvalue weighted by Crippen LogP contribution is -2.12. The van der Waals surface area contributed by atoms with Gasteiger partial charge in [0.15, 0.2) is 0 Å². The van der Waals surface area contributed by atoms with Crippen LogP contribution in [0.3, 0.4) is 0 Å². The highest BCUT2D eigenvalue weighted by Gasteiger charge is 2.25. The van der Waals surface area contributed by atoms with Crippen LogP contribution in [0.2, 0.25) is 0 Å². The molecular formula is C26H18BrNO3. The minimum absolute atomic E-state index is 0.124. The zero-order chi connectivity index (χ0) is 21.5. The molecule has 0 bridgehead atoms. The van der Waals surface area contributed by atoms with Gasteiger partial charge in [-0.3, -0.25) is 4.79 Å². The van der Waals surface area contributed by atoms with E-state index in [1.807, 2.05) is 72.2 Å². The first-order valence-electron chi connectivity index (χ1n) is 9.93. The van der Waals surface area contributed by atoms with Crippen molar-refractivity contribution in [2.24, 2.45) is 0 Å². The number of halogens is 1. The summed E-state index contributed by atoms with van der Waals surface area (Å²) in [6, 6.07) is 24.6. The summed E-state index contributed by atoms with van der Waals surface area (Å²) < 4.78 is 8.45. The molecule has 0 N–H and O–H groups in total. The summed E-state index contributed by atoms with van der Waals surface area (Å²) in [5.74, 6) is -0.124. The Labute approximate surface area is 186 Å². The molecule has 2 aromatic heterocycles. The predicted molar refractivity (Wildman–Crippen MR) is 126 cm³/mol. The standard InChI is InChI=1S/C26H18BrNO3/c1-16-22-24(20-9-5-6-10-21(20)31-26(22)30)28(15-17-7-3-2-4-8-17)23(16)25(29)18-11-13-19(27)14-12-18/h2-14H,15H2,1H3. The Morgan fingerprint density at radius 2 is 1.61 bits per heavy atom. The lowest BCUT2D eigenvalue weighted by molar-refractivity contribution is 0.103. The molecule has 152 valence electrons. The van der Waals surface area contributed by atoms with E-state index in [9.17, 15) is 9.59 Å². The Hall–Kier alpha value is -3.44. The molecule has 0 fully saturated rings. The second-order valence-electron chi connectivity index (χ2n) is 7.49. The number of hydrogen-bond donors (Lipinski definition) is 0. The van der Waals surface area contributed by atoms with E-state index in [1.165, 1.54) is 0 Å². The number of nitrogens with zero attached hydrogens (tertiary/aromatic N) is 1. The number of carbonyl (C=O) groups is 1. The fourth-order valence-corrected chi connectivity index (χ4v) is 4.40. The molecule has 0 atom stereocenters. The van der Waals surface area contributed by atoms with Crippen LogP contribution in [-0.4, -0.2) is 10.4 Å². The lowest BCUT2D eigenvalue weighted by Gasteiger charge is -2.12. The number of rotatable bonds is 4. The van der Waals surface area contributed by atoms with Crippen molar-refractivity contribution in [3.05, 3.63) is 116 Å². The van der Waals surface area contributed by atoms with Crippen molar-refractivity contribution in [2.75, 3.05) is 0 Å². The van der Waals surface area contributed by atoms with Crippen LogP contribution in [0, 0.1) is 6.92 Å². The van der Waals surface area contributed by atoms with Gasteiger partial charge < -0.3 is 8.98 Å². The lowest BCUT2D eigenvalue weighted by atomic mass is 10.0. The number of para-hydroxylation sites is 1. The zero-order valence-electron chi connectivity index (χ0n) is 16.8. The van der Waals surface area contributed by atoms with E-state index in [0.717, 1.165) is 20.9 Å². The monoisotopic (exact) mass is 471 g/mol. The summed E-state index contributed by atoms with van der Waals surface area (Å²) in [5.41, 5.74) is 3.56. The van der Waals surface area contributed by atoms with Gasteiger partial charge in [0.2, 0.25) is 5.78 Å². The Balaban J connectivity index is 1.86. The van der Waals surface area contributed by atoms with Crippen LogP contribution in [0.25, 0.3) is 21.9 Å². The highest BCUT2D eigenvalue weighted by Crippen LogP contribution is 2.32. The van der Waals surface area contributed by atoms with Gasteiger partial charge >= 0.3 is 5.63 Å². The molecule has 5 heteroatoms. The van der Waals surface area contributed by atoms with Crippen molar-refractivity contribution in [3.8, 4) is 0 Å². The van der Waals surface area contributed by atoms with Crippen molar-refractivity contribution < 1.29 is 9.21 Å². The average molecular weight is 472 g/mol. The van der Waals surface area contributed by atoms with Gasteiger partial charge in [-0.1, -0.05) is 58.4 Å². The van der Waals surface area contributed by atoms with Crippen LogP contribution in [0.4, 0.5) is 0 Å². The highest BCUT2D eigenvalue weighted by atomic mass is 79.9. The zero-order valence-corrected chi connectivity index (χ0v) is 18.3. The Kier molecular flexibility index (Phi) is 4.83. The second-order valence-corrected chi connectivity index (χ2v) is 8.41. The first kappa shape index (κ1) is 19.5. The molecule has 4 nitrogen and oxygen atoms in total. The molecule has 0 radical (unpaired) electrons. The maximum absolute atomic E-state index is 13.6.